The molecule has 5 nitrogen and oxygen atoms in total. The van der Waals surface area contributed by atoms with Gasteiger partial charge >= 0.3 is 0 Å². The maximum Gasteiger partial charge on any atom is 0.277 e. The van der Waals surface area contributed by atoms with Gasteiger partial charge in [-0.2, -0.15) is 5.10 Å². The van der Waals surface area contributed by atoms with Crippen LogP contribution in [0.25, 0.3) is 16.8 Å². The summed E-state index contributed by atoms with van der Waals surface area (Å²) < 4.78 is 8.38. The number of benzene rings is 1. The molecule has 2 aromatic heterocycles. The smallest absolute Gasteiger partial charge is 0.277 e. The summed E-state index contributed by atoms with van der Waals surface area (Å²) in [5.41, 5.74) is 2.06. The molecule has 0 unspecified atom stereocenters. The van der Waals surface area contributed by atoms with Crippen LogP contribution in [-0.2, 0) is 6.54 Å². The van der Waals surface area contributed by atoms with Crippen molar-refractivity contribution in [1.82, 2.24) is 14.2 Å². The van der Waals surface area contributed by atoms with Crippen molar-refractivity contribution in [3.8, 4) is 28.8 Å². The summed E-state index contributed by atoms with van der Waals surface area (Å²) in [6, 6.07) is 9.38. The lowest BCUT2D eigenvalue weighted by Gasteiger charge is -2.01. The molecule has 0 amide bonds. The zero-order valence-electron chi connectivity index (χ0n) is 12.4. The van der Waals surface area contributed by atoms with Gasteiger partial charge in [-0.1, -0.05) is 18.1 Å². The monoisotopic (exact) mass is 293 g/mol. The third-order valence-corrected chi connectivity index (χ3v) is 3.40. The molecule has 0 bridgehead atoms. The van der Waals surface area contributed by atoms with E-state index in [9.17, 15) is 4.79 Å². The molecule has 3 rings (SSSR count). The summed E-state index contributed by atoms with van der Waals surface area (Å²) in [7, 11) is 1.62. The first-order valence-corrected chi connectivity index (χ1v) is 6.86. The van der Waals surface area contributed by atoms with Gasteiger partial charge in [0.25, 0.3) is 5.56 Å². The molecule has 0 aliphatic rings. The van der Waals surface area contributed by atoms with E-state index in [0.717, 1.165) is 17.0 Å². The van der Waals surface area contributed by atoms with Crippen LogP contribution < -0.4 is 10.3 Å². The van der Waals surface area contributed by atoms with Crippen LogP contribution in [0.3, 0.4) is 0 Å². The SMILES string of the molecule is CC#CCn1ccn2nc(-c3cccc(OC)c3)cc2c1=O. The fourth-order valence-corrected chi connectivity index (χ4v) is 2.24. The quantitative estimate of drug-likeness (QED) is 0.696. The first kappa shape index (κ1) is 14.0. The van der Waals surface area contributed by atoms with Gasteiger partial charge < -0.3 is 9.30 Å². The molecule has 0 atom stereocenters. The Morgan fingerprint density at radius 1 is 1.27 bits per heavy atom. The van der Waals surface area contributed by atoms with Crippen molar-refractivity contribution in [3.05, 3.63) is 53.1 Å². The number of nitrogens with zero attached hydrogens (tertiary/aromatic N) is 3. The van der Waals surface area contributed by atoms with Gasteiger partial charge in [-0.3, -0.25) is 4.79 Å². The molecule has 0 fully saturated rings. The maximum absolute atomic E-state index is 12.4. The van der Waals surface area contributed by atoms with Crippen molar-refractivity contribution in [3.63, 3.8) is 0 Å². The van der Waals surface area contributed by atoms with Crippen molar-refractivity contribution in [1.29, 1.82) is 0 Å². The Morgan fingerprint density at radius 2 is 2.14 bits per heavy atom. The number of fused-ring (bicyclic) bond motifs is 1. The molecule has 3 aromatic rings. The standard InChI is InChI=1S/C17H15N3O2/c1-3-4-8-19-9-10-20-16(17(19)21)12-15(18-20)13-6-5-7-14(11-13)22-2/h5-7,9-12H,8H2,1-2H3. The van der Waals surface area contributed by atoms with E-state index < -0.39 is 0 Å². The second-order valence-corrected chi connectivity index (χ2v) is 4.75. The van der Waals surface area contributed by atoms with Crippen LogP contribution in [0.2, 0.25) is 0 Å². The van der Waals surface area contributed by atoms with Crippen LogP contribution in [0.15, 0.2) is 47.5 Å². The van der Waals surface area contributed by atoms with Crippen molar-refractivity contribution >= 4 is 5.52 Å². The summed E-state index contributed by atoms with van der Waals surface area (Å²) in [6.07, 6.45) is 3.46. The predicted molar refractivity (Wildman–Crippen MR) is 84.9 cm³/mol. The molecule has 22 heavy (non-hydrogen) atoms. The van der Waals surface area contributed by atoms with E-state index >= 15 is 0 Å². The van der Waals surface area contributed by atoms with Gasteiger partial charge in [-0.05, 0) is 25.1 Å². The Balaban J connectivity index is 2.10. The highest BCUT2D eigenvalue weighted by Crippen LogP contribution is 2.22. The van der Waals surface area contributed by atoms with Gasteiger partial charge in [0.15, 0.2) is 0 Å². The van der Waals surface area contributed by atoms with Crippen molar-refractivity contribution < 1.29 is 4.74 Å². The lowest BCUT2D eigenvalue weighted by atomic mass is 10.1. The van der Waals surface area contributed by atoms with Crippen molar-refractivity contribution in [2.24, 2.45) is 0 Å². The Hall–Kier alpha value is -3.00. The van der Waals surface area contributed by atoms with Crippen LogP contribution in [0.5, 0.6) is 5.75 Å². The average molecular weight is 293 g/mol. The zero-order chi connectivity index (χ0) is 15.5. The maximum atomic E-state index is 12.4. The first-order chi connectivity index (χ1) is 10.7. The molecule has 0 saturated heterocycles. The van der Waals surface area contributed by atoms with Crippen LogP contribution in [0.1, 0.15) is 6.92 Å². The minimum absolute atomic E-state index is 0.105. The number of ether oxygens (including phenoxy) is 1. The molecule has 0 radical (unpaired) electrons. The fourth-order valence-electron chi connectivity index (χ4n) is 2.24. The van der Waals surface area contributed by atoms with Gasteiger partial charge in [0.05, 0.1) is 19.3 Å². The molecular weight excluding hydrogens is 278 g/mol. The van der Waals surface area contributed by atoms with Gasteiger partial charge in [0.2, 0.25) is 0 Å². The average Bonchev–Trinajstić information content (AvgIpc) is 2.99. The predicted octanol–water partition coefficient (Wildman–Crippen LogP) is 2.19. The fraction of sp³-hybridized carbons (Fsp3) is 0.176. The molecule has 0 spiro atoms. The number of hydrogen-bond donors (Lipinski definition) is 0. The van der Waals surface area contributed by atoms with Crippen LogP contribution in [0, 0.1) is 11.8 Å². The van der Waals surface area contributed by atoms with Crippen molar-refractivity contribution in [2.75, 3.05) is 7.11 Å². The molecular formula is C17H15N3O2. The first-order valence-electron chi connectivity index (χ1n) is 6.86. The van der Waals surface area contributed by atoms with Gasteiger partial charge in [-0.15, -0.1) is 5.92 Å². The summed E-state index contributed by atoms with van der Waals surface area (Å²) in [5.74, 6) is 6.43. The van der Waals surface area contributed by atoms with Gasteiger partial charge in [-0.25, -0.2) is 4.52 Å². The van der Waals surface area contributed by atoms with E-state index in [-0.39, 0.29) is 5.56 Å². The molecule has 0 saturated carbocycles. The van der Waals surface area contributed by atoms with Gasteiger partial charge in [0, 0.05) is 18.0 Å². The number of aromatic nitrogens is 3. The van der Waals surface area contributed by atoms with E-state index in [1.54, 1.807) is 41.6 Å². The van der Waals surface area contributed by atoms with Crippen LogP contribution in [0.4, 0.5) is 0 Å². The topological polar surface area (TPSA) is 48.5 Å². The third kappa shape index (κ3) is 2.47. The summed E-state index contributed by atoms with van der Waals surface area (Å²) in [5, 5.41) is 4.45. The van der Waals surface area contributed by atoms with Crippen LogP contribution >= 0.6 is 0 Å². The minimum atomic E-state index is -0.105. The molecule has 5 heteroatoms. The largest absolute Gasteiger partial charge is 0.497 e. The lowest BCUT2D eigenvalue weighted by molar-refractivity contribution is 0.415. The summed E-state index contributed by atoms with van der Waals surface area (Å²) in [4.78, 5) is 12.4. The highest BCUT2D eigenvalue weighted by molar-refractivity contribution is 5.66. The minimum Gasteiger partial charge on any atom is -0.497 e. The molecule has 2 heterocycles. The molecule has 0 N–H and O–H groups in total. The van der Waals surface area contributed by atoms with E-state index in [2.05, 4.69) is 16.9 Å². The second kappa shape index (κ2) is 5.78. The van der Waals surface area contributed by atoms with E-state index in [1.165, 1.54) is 0 Å². The van der Waals surface area contributed by atoms with Crippen molar-refractivity contribution in [2.45, 2.75) is 13.5 Å². The molecule has 1 aromatic carbocycles. The Kier molecular flexibility index (Phi) is 3.67. The Bertz CT molecular complexity index is 942. The molecule has 0 aliphatic carbocycles. The number of rotatable bonds is 3. The lowest BCUT2D eigenvalue weighted by Crippen LogP contribution is -2.20. The molecule has 0 aliphatic heterocycles. The van der Waals surface area contributed by atoms with Crippen LogP contribution in [-0.4, -0.2) is 21.3 Å². The summed E-state index contributed by atoms with van der Waals surface area (Å²) >= 11 is 0. The van der Waals surface area contributed by atoms with E-state index in [1.807, 2.05) is 24.3 Å². The third-order valence-electron chi connectivity index (χ3n) is 3.40. The Labute approximate surface area is 127 Å². The highest BCUT2D eigenvalue weighted by atomic mass is 16.5. The second-order valence-electron chi connectivity index (χ2n) is 4.75. The van der Waals surface area contributed by atoms with E-state index in [4.69, 9.17) is 4.74 Å². The number of hydrogen-bond acceptors (Lipinski definition) is 3. The summed E-state index contributed by atoms with van der Waals surface area (Å²) in [6.45, 7) is 2.13. The molecule has 110 valence electrons. The highest BCUT2D eigenvalue weighted by Gasteiger charge is 2.09. The normalized spacial score (nSPS) is 10.3. The number of methoxy groups -OCH3 is 1. The van der Waals surface area contributed by atoms with E-state index in [0.29, 0.717) is 12.1 Å². The zero-order valence-corrected chi connectivity index (χ0v) is 12.4. The Morgan fingerprint density at radius 3 is 2.91 bits per heavy atom. The van der Waals surface area contributed by atoms with Gasteiger partial charge in [0.1, 0.15) is 11.3 Å².